The maximum atomic E-state index is 6.29. The first-order chi connectivity index (χ1) is 8.63. The van der Waals surface area contributed by atoms with Crippen LogP contribution in [0.2, 0.25) is 0 Å². The van der Waals surface area contributed by atoms with Crippen molar-refractivity contribution < 1.29 is 14.0 Å². The number of rotatable bonds is 2. The van der Waals surface area contributed by atoms with E-state index in [0.717, 1.165) is 12.3 Å². The van der Waals surface area contributed by atoms with Crippen molar-refractivity contribution >= 4 is 7.12 Å². The maximum Gasteiger partial charge on any atom is 0.485 e. The van der Waals surface area contributed by atoms with E-state index >= 15 is 0 Å². The van der Waals surface area contributed by atoms with Crippen molar-refractivity contribution in [3.63, 3.8) is 0 Å². The highest BCUT2D eigenvalue weighted by Gasteiger charge is 2.67. The Kier molecular flexibility index (Phi) is 2.92. The summed E-state index contributed by atoms with van der Waals surface area (Å²) in [4.78, 5) is 0. The van der Waals surface area contributed by atoms with E-state index in [2.05, 4.69) is 41.5 Å². The Hall–Kier alpha value is -0.0551. The van der Waals surface area contributed by atoms with Crippen LogP contribution in [0.25, 0.3) is 0 Å². The van der Waals surface area contributed by atoms with Crippen molar-refractivity contribution in [1.82, 2.24) is 0 Å². The van der Waals surface area contributed by atoms with E-state index in [1.54, 1.807) is 0 Å². The Balaban J connectivity index is 1.67. The second kappa shape index (κ2) is 3.99. The molecular weight excluding hydrogens is 239 g/mol. The molecule has 19 heavy (non-hydrogen) atoms. The van der Waals surface area contributed by atoms with Gasteiger partial charge in [0.2, 0.25) is 0 Å². The van der Waals surface area contributed by atoms with Gasteiger partial charge < -0.3 is 14.0 Å². The van der Waals surface area contributed by atoms with Crippen LogP contribution in [0.3, 0.4) is 0 Å². The fraction of sp³-hybridized carbons (Fsp3) is 1.00. The molecule has 3 saturated carbocycles. The molecule has 4 rings (SSSR count). The molecule has 1 heterocycles. The molecule has 0 aromatic heterocycles. The summed E-state index contributed by atoms with van der Waals surface area (Å²) in [5, 5.41) is 0. The topological polar surface area (TPSA) is 27.7 Å². The number of ether oxygens (including phenoxy) is 1. The van der Waals surface area contributed by atoms with Gasteiger partial charge in [0.25, 0.3) is 0 Å². The van der Waals surface area contributed by atoms with Crippen LogP contribution in [-0.4, -0.2) is 30.9 Å². The normalized spacial score (nSPS) is 43.9. The van der Waals surface area contributed by atoms with Crippen molar-refractivity contribution in [2.75, 3.05) is 6.51 Å². The minimum atomic E-state index is -0.190. The smallest absolute Gasteiger partial charge is 0.404 e. The fourth-order valence-corrected chi connectivity index (χ4v) is 4.34. The zero-order valence-corrected chi connectivity index (χ0v) is 13.2. The molecule has 4 aliphatic rings. The lowest BCUT2D eigenvalue weighted by Gasteiger charge is -2.64. The fourth-order valence-electron chi connectivity index (χ4n) is 4.34. The van der Waals surface area contributed by atoms with Crippen molar-refractivity contribution in [3.05, 3.63) is 0 Å². The van der Waals surface area contributed by atoms with Crippen LogP contribution in [0.1, 0.15) is 54.4 Å². The lowest BCUT2D eigenvalue weighted by atomic mass is 9.43. The molecule has 4 atom stereocenters. The minimum absolute atomic E-state index is 0.107. The molecule has 1 saturated heterocycles. The Bertz CT molecular complexity index is 376. The first-order valence-electron chi connectivity index (χ1n) is 7.60. The molecule has 0 unspecified atom stereocenters. The highest BCUT2D eigenvalue weighted by atomic mass is 16.7. The molecule has 1 aliphatic heterocycles. The predicted octanol–water partition coefficient (Wildman–Crippen LogP) is 3.07. The van der Waals surface area contributed by atoms with Gasteiger partial charge in [0.05, 0.1) is 23.8 Å². The molecule has 3 aliphatic carbocycles. The van der Waals surface area contributed by atoms with Crippen LogP contribution in [-0.2, 0) is 14.0 Å². The second-order valence-corrected chi connectivity index (χ2v) is 8.32. The van der Waals surface area contributed by atoms with E-state index in [-0.39, 0.29) is 24.4 Å². The Morgan fingerprint density at radius 1 is 1.21 bits per heavy atom. The summed E-state index contributed by atoms with van der Waals surface area (Å²) in [5.74, 6) is 1.44. The van der Waals surface area contributed by atoms with Gasteiger partial charge in [-0.25, -0.2) is 0 Å². The van der Waals surface area contributed by atoms with Gasteiger partial charge in [-0.15, -0.1) is 0 Å². The van der Waals surface area contributed by atoms with Crippen LogP contribution in [0, 0.1) is 17.3 Å². The summed E-state index contributed by atoms with van der Waals surface area (Å²) in [6.07, 6.45) is 2.71. The van der Waals surface area contributed by atoms with Crippen LogP contribution < -0.4 is 0 Å². The van der Waals surface area contributed by atoms with Gasteiger partial charge in [0.1, 0.15) is 0 Å². The van der Waals surface area contributed by atoms with Crippen LogP contribution in [0.5, 0.6) is 0 Å². The highest BCUT2D eigenvalue weighted by molar-refractivity contribution is 6.45. The monoisotopic (exact) mass is 266 g/mol. The Labute approximate surface area is 117 Å². The van der Waals surface area contributed by atoms with Gasteiger partial charge in [-0.2, -0.15) is 0 Å². The van der Waals surface area contributed by atoms with Crippen molar-refractivity contribution in [2.24, 2.45) is 17.3 Å². The summed E-state index contributed by atoms with van der Waals surface area (Å²) in [6, 6.07) is 0. The van der Waals surface area contributed by atoms with E-state index in [1.165, 1.54) is 6.42 Å². The SMILES string of the molecule is CC(C)(C)OCB1O[C@@H]2C[C@@H]3C[C@@H](C3(C)C)[C@]2(C)O1. The van der Waals surface area contributed by atoms with E-state index in [1.807, 2.05) is 0 Å². The van der Waals surface area contributed by atoms with Gasteiger partial charge in [0, 0.05) is 0 Å². The van der Waals surface area contributed by atoms with Crippen molar-refractivity contribution in [2.45, 2.75) is 71.7 Å². The molecule has 0 spiro atoms. The molecule has 108 valence electrons. The summed E-state index contributed by atoms with van der Waals surface area (Å²) in [6.45, 7) is 13.7. The van der Waals surface area contributed by atoms with Crippen molar-refractivity contribution in [3.8, 4) is 0 Å². The molecule has 0 aromatic carbocycles. The van der Waals surface area contributed by atoms with Gasteiger partial charge >= 0.3 is 7.12 Å². The van der Waals surface area contributed by atoms with Gasteiger partial charge in [-0.05, 0) is 57.8 Å². The molecule has 0 aromatic rings. The summed E-state index contributed by atoms with van der Waals surface area (Å²) < 4.78 is 18.2. The molecule has 4 heteroatoms. The molecule has 0 N–H and O–H groups in total. The predicted molar refractivity (Wildman–Crippen MR) is 75.8 cm³/mol. The van der Waals surface area contributed by atoms with Gasteiger partial charge in [-0.3, -0.25) is 0 Å². The largest absolute Gasteiger partial charge is 0.485 e. The molecule has 0 amide bonds. The third-order valence-corrected chi connectivity index (χ3v) is 5.65. The van der Waals surface area contributed by atoms with E-state index in [4.69, 9.17) is 14.0 Å². The third-order valence-electron chi connectivity index (χ3n) is 5.65. The average Bonchev–Trinajstić information content (AvgIpc) is 2.61. The molecule has 3 nitrogen and oxygen atoms in total. The van der Waals surface area contributed by atoms with Crippen LogP contribution in [0.15, 0.2) is 0 Å². The third kappa shape index (κ3) is 2.07. The van der Waals surface area contributed by atoms with Gasteiger partial charge in [-0.1, -0.05) is 13.8 Å². The van der Waals surface area contributed by atoms with Crippen molar-refractivity contribution in [1.29, 1.82) is 0 Å². The first kappa shape index (κ1) is 13.9. The lowest BCUT2D eigenvalue weighted by molar-refractivity contribution is -0.199. The lowest BCUT2D eigenvalue weighted by Crippen LogP contribution is -2.65. The Morgan fingerprint density at radius 2 is 1.89 bits per heavy atom. The standard InChI is InChI=1S/C15H27BO3/c1-13(2,3)17-9-16-18-12-8-10-7-11(14(10,4)5)15(12,6)19-16/h10-12H,7-9H2,1-6H3/t10-,11-,12+,15-/m0/s1. The molecule has 2 bridgehead atoms. The summed E-state index contributed by atoms with van der Waals surface area (Å²) in [5.41, 5.74) is 0.168. The second-order valence-electron chi connectivity index (χ2n) is 8.32. The van der Waals surface area contributed by atoms with Gasteiger partial charge in [0.15, 0.2) is 0 Å². The maximum absolute atomic E-state index is 6.29. The molecule has 0 radical (unpaired) electrons. The molecular formula is C15H27BO3. The quantitative estimate of drug-likeness (QED) is 0.719. The average molecular weight is 266 g/mol. The van der Waals surface area contributed by atoms with E-state index in [0.29, 0.717) is 17.8 Å². The molecule has 4 fully saturated rings. The van der Waals surface area contributed by atoms with Crippen LogP contribution in [0.4, 0.5) is 0 Å². The van der Waals surface area contributed by atoms with E-state index in [9.17, 15) is 0 Å². The number of hydrogen-bond donors (Lipinski definition) is 0. The minimum Gasteiger partial charge on any atom is -0.404 e. The number of hydrogen-bond acceptors (Lipinski definition) is 3. The Morgan fingerprint density at radius 3 is 2.47 bits per heavy atom. The highest BCUT2D eigenvalue weighted by Crippen LogP contribution is 2.65. The first-order valence-corrected chi connectivity index (χ1v) is 7.60. The van der Waals surface area contributed by atoms with E-state index < -0.39 is 0 Å². The summed E-state index contributed by atoms with van der Waals surface area (Å²) in [7, 11) is -0.190. The zero-order chi connectivity index (χ0) is 14.1. The zero-order valence-electron chi connectivity index (χ0n) is 13.2. The summed E-state index contributed by atoms with van der Waals surface area (Å²) >= 11 is 0. The van der Waals surface area contributed by atoms with Crippen LogP contribution >= 0.6 is 0 Å².